The van der Waals surface area contributed by atoms with Crippen molar-refractivity contribution < 1.29 is 14.0 Å². The summed E-state index contributed by atoms with van der Waals surface area (Å²) >= 11 is 0. The second-order valence-electron chi connectivity index (χ2n) is 9.06. The zero-order chi connectivity index (χ0) is 20.4. The highest BCUT2D eigenvalue weighted by atomic mass is 19.1. The lowest BCUT2D eigenvalue weighted by molar-refractivity contribution is -0.123. The minimum Gasteiger partial charge on any atom is -0.303 e. The Morgan fingerprint density at radius 3 is 2.28 bits per heavy atom. The first-order valence-corrected chi connectivity index (χ1v) is 11.1. The maximum atomic E-state index is 13.2. The largest absolute Gasteiger partial charge is 0.303 e. The van der Waals surface area contributed by atoms with Crippen molar-refractivity contribution in [3.8, 4) is 0 Å². The van der Waals surface area contributed by atoms with Crippen LogP contribution in [0.3, 0.4) is 0 Å². The summed E-state index contributed by atoms with van der Waals surface area (Å²) in [6, 6.07) is 5.22. The summed E-state index contributed by atoms with van der Waals surface area (Å²) < 4.78 is 13.2. The molecular formula is C23H32FN3O2. The number of likely N-dealkylation sites (tertiary alicyclic amines) is 2. The average molecular weight is 402 g/mol. The number of imide groups is 1. The van der Waals surface area contributed by atoms with Gasteiger partial charge in [0.05, 0.1) is 18.2 Å². The van der Waals surface area contributed by atoms with Crippen molar-refractivity contribution in [3.05, 3.63) is 30.1 Å². The van der Waals surface area contributed by atoms with E-state index in [0.29, 0.717) is 11.6 Å². The molecule has 158 valence electrons. The highest BCUT2D eigenvalue weighted by Crippen LogP contribution is 2.30. The molecule has 3 saturated heterocycles. The van der Waals surface area contributed by atoms with Gasteiger partial charge in [-0.1, -0.05) is 6.92 Å². The number of halogens is 1. The molecule has 3 aliphatic rings. The minimum atomic E-state index is -0.370. The van der Waals surface area contributed by atoms with Gasteiger partial charge < -0.3 is 4.90 Å². The summed E-state index contributed by atoms with van der Waals surface area (Å²) in [7, 11) is 0. The number of anilines is 1. The van der Waals surface area contributed by atoms with Crippen LogP contribution in [0, 0.1) is 17.7 Å². The van der Waals surface area contributed by atoms with E-state index in [4.69, 9.17) is 0 Å². The van der Waals surface area contributed by atoms with Crippen molar-refractivity contribution in [1.82, 2.24) is 9.80 Å². The fraction of sp³-hybridized carbons (Fsp3) is 0.652. The molecule has 0 saturated carbocycles. The smallest absolute Gasteiger partial charge is 0.251 e. The van der Waals surface area contributed by atoms with Crippen LogP contribution < -0.4 is 4.90 Å². The Hall–Kier alpha value is -1.79. The van der Waals surface area contributed by atoms with Gasteiger partial charge in [0.25, 0.3) is 5.91 Å². The second-order valence-corrected chi connectivity index (χ2v) is 9.06. The number of piperidine rings is 2. The molecule has 3 fully saturated rings. The SMILES string of the molecule is CC1CCN(CCC2CCN([C@H]3CC(=O)N(c4ccc(F)cc4)C3=O)CC2)CC1. The minimum absolute atomic E-state index is 0.164. The Labute approximate surface area is 172 Å². The van der Waals surface area contributed by atoms with Crippen molar-refractivity contribution in [1.29, 1.82) is 0 Å². The molecule has 2 amide bonds. The normalized spacial score (nSPS) is 25.9. The predicted octanol–water partition coefficient (Wildman–Crippen LogP) is 3.29. The quantitative estimate of drug-likeness (QED) is 0.710. The Kier molecular flexibility index (Phi) is 6.30. The van der Waals surface area contributed by atoms with E-state index in [1.54, 1.807) is 0 Å². The zero-order valence-electron chi connectivity index (χ0n) is 17.4. The molecule has 1 aromatic rings. The highest BCUT2D eigenvalue weighted by Gasteiger charge is 2.43. The van der Waals surface area contributed by atoms with Crippen LogP contribution in [0.2, 0.25) is 0 Å². The van der Waals surface area contributed by atoms with Crippen molar-refractivity contribution in [2.24, 2.45) is 11.8 Å². The van der Waals surface area contributed by atoms with Crippen molar-refractivity contribution in [2.75, 3.05) is 37.6 Å². The van der Waals surface area contributed by atoms with E-state index in [0.717, 1.165) is 31.8 Å². The summed E-state index contributed by atoms with van der Waals surface area (Å²) in [5, 5.41) is 0. The molecule has 1 atom stereocenters. The summed E-state index contributed by atoms with van der Waals surface area (Å²) in [5.74, 6) is 0.864. The van der Waals surface area contributed by atoms with Gasteiger partial charge >= 0.3 is 0 Å². The first kappa shape index (κ1) is 20.5. The maximum absolute atomic E-state index is 13.2. The van der Waals surface area contributed by atoms with Crippen LogP contribution in [0.4, 0.5) is 10.1 Å². The number of carbonyl (C=O) groups excluding carboxylic acids is 2. The lowest BCUT2D eigenvalue weighted by Crippen LogP contribution is -2.46. The lowest BCUT2D eigenvalue weighted by atomic mass is 9.91. The number of nitrogens with zero attached hydrogens (tertiary/aromatic N) is 3. The average Bonchev–Trinajstić information content (AvgIpc) is 3.03. The van der Waals surface area contributed by atoms with Crippen LogP contribution in [0.1, 0.15) is 45.4 Å². The van der Waals surface area contributed by atoms with Gasteiger partial charge in [0.2, 0.25) is 5.91 Å². The van der Waals surface area contributed by atoms with Crippen LogP contribution in [-0.2, 0) is 9.59 Å². The Morgan fingerprint density at radius 1 is 0.966 bits per heavy atom. The summed E-state index contributed by atoms with van der Waals surface area (Å²) in [4.78, 5) is 31.4. The molecule has 0 aliphatic carbocycles. The topological polar surface area (TPSA) is 43.9 Å². The summed E-state index contributed by atoms with van der Waals surface area (Å²) in [6.45, 7) is 7.76. The number of amides is 2. The van der Waals surface area contributed by atoms with E-state index in [2.05, 4.69) is 16.7 Å². The third-order valence-electron chi connectivity index (χ3n) is 7.03. The zero-order valence-corrected chi connectivity index (χ0v) is 17.4. The number of carbonyl (C=O) groups is 2. The van der Waals surface area contributed by atoms with Crippen molar-refractivity contribution in [2.45, 2.75) is 51.5 Å². The monoisotopic (exact) mass is 401 g/mol. The number of hydrogen-bond acceptors (Lipinski definition) is 4. The molecule has 1 aromatic carbocycles. The van der Waals surface area contributed by atoms with Crippen molar-refractivity contribution >= 4 is 17.5 Å². The molecule has 0 N–H and O–H groups in total. The number of benzene rings is 1. The second kappa shape index (κ2) is 8.92. The van der Waals surface area contributed by atoms with Gasteiger partial charge in [0.1, 0.15) is 5.82 Å². The molecule has 0 bridgehead atoms. The molecule has 3 heterocycles. The van der Waals surface area contributed by atoms with Crippen LogP contribution in [0.25, 0.3) is 0 Å². The van der Waals surface area contributed by atoms with Gasteiger partial charge in [0, 0.05) is 0 Å². The molecule has 0 spiro atoms. The molecule has 3 aliphatic heterocycles. The van der Waals surface area contributed by atoms with Crippen molar-refractivity contribution in [3.63, 3.8) is 0 Å². The van der Waals surface area contributed by atoms with Gasteiger partial charge in [-0.3, -0.25) is 14.5 Å². The van der Waals surface area contributed by atoms with Crippen LogP contribution in [0.15, 0.2) is 24.3 Å². The summed E-state index contributed by atoms with van der Waals surface area (Å²) in [5.41, 5.74) is 0.467. The molecular weight excluding hydrogens is 369 g/mol. The molecule has 5 nitrogen and oxygen atoms in total. The third-order valence-corrected chi connectivity index (χ3v) is 7.03. The summed E-state index contributed by atoms with van der Waals surface area (Å²) in [6.07, 6.45) is 6.30. The third kappa shape index (κ3) is 4.69. The Bertz CT molecular complexity index is 722. The van der Waals surface area contributed by atoms with Gasteiger partial charge in [-0.2, -0.15) is 0 Å². The fourth-order valence-electron chi connectivity index (χ4n) is 4.97. The van der Waals surface area contributed by atoms with Gasteiger partial charge in [0.15, 0.2) is 0 Å². The molecule has 0 radical (unpaired) electrons. The molecule has 4 rings (SSSR count). The highest BCUT2D eigenvalue weighted by molar-refractivity contribution is 6.22. The lowest BCUT2D eigenvalue weighted by Gasteiger charge is -2.36. The van der Waals surface area contributed by atoms with Gasteiger partial charge in [-0.05, 0) is 101 Å². The number of hydrogen-bond donors (Lipinski definition) is 0. The van der Waals surface area contributed by atoms with Crippen LogP contribution >= 0.6 is 0 Å². The van der Waals surface area contributed by atoms with Gasteiger partial charge in [-0.15, -0.1) is 0 Å². The van der Waals surface area contributed by atoms with Gasteiger partial charge in [-0.25, -0.2) is 9.29 Å². The van der Waals surface area contributed by atoms with E-state index in [1.807, 2.05) is 0 Å². The van der Waals surface area contributed by atoms with E-state index in [1.165, 1.54) is 68.1 Å². The standard InChI is InChI=1S/C23H32FN3O2/c1-17-6-11-25(12-7-17)13-8-18-9-14-26(15-10-18)21-16-22(28)27(23(21)29)20-4-2-19(24)3-5-20/h2-5,17-18,21H,6-16H2,1H3/t21-/m0/s1. The Morgan fingerprint density at radius 2 is 1.62 bits per heavy atom. The van der Waals surface area contributed by atoms with E-state index < -0.39 is 0 Å². The predicted molar refractivity (Wildman–Crippen MR) is 111 cm³/mol. The number of rotatable bonds is 5. The fourth-order valence-corrected chi connectivity index (χ4v) is 4.97. The first-order chi connectivity index (χ1) is 14.0. The first-order valence-electron chi connectivity index (χ1n) is 11.1. The molecule has 29 heavy (non-hydrogen) atoms. The molecule has 0 aromatic heterocycles. The molecule has 0 unspecified atom stereocenters. The van der Waals surface area contributed by atoms with E-state index in [-0.39, 0.29) is 30.1 Å². The van der Waals surface area contributed by atoms with Crippen LogP contribution in [0.5, 0.6) is 0 Å². The van der Waals surface area contributed by atoms with Crippen LogP contribution in [-0.4, -0.2) is 60.4 Å². The van der Waals surface area contributed by atoms with E-state index >= 15 is 0 Å². The molecule has 6 heteroatoms. The van der Waals surface area contributed by atoms with E-state index in [9.17, 15) is 14.0 Å². The maximum Gasteiger partial charge on any atom is 0.251 e. The Balaban J connectivity index is 1.27.